The smallest absolute Gasteiger partial charge is 0.0543 e. The van der Waals surface area contributed by atoms with Crippen LogP contribution in [0.3, 0.4) is 0 Å². The van der Waals surface area contributed by atoms with Crippen LogP contribution in [-0.2, 0) is 0 Å². The maximum atomic E-state index is 10.3. The van der Waals surface area contributed by atoms with Gasteiger partial charge in [-0.3, -0.25) is 0 Å². The van der Waals surface area contributed by atoms with Crippen molar-refractivity contribution in [2.45, 2.75) is 118 Å². The van der Waals surface area contributed by atoms with E-state index in [2.05, 4.69) is 20.8 Å². The highest BCUT2D eigenvalue weighted by Gasteiger charge is 2.60. The molecular formula is C27H48O. The van der Waals surface area contributed by atoms with E-state index in [1.807, 2.05) is 0 Å². The van der Waals surface area contributed by atoms with Crippen molar-refractivity contribution >= 4 is 0 Å². The first kappa shape index (κ1) is 14.1. The van der Waals surface area contributed by atoms with Crippen molar-refractivity contribution in [1.82, 2.24) is 0 Å². The molecule has 0 aromatic heterocycles. The first-order valence-corrected chi connectivity index (χ1v) is 12.2. The van der Waals surface area contributed by atoms with Crippen molar-refractivity contribution in [2.24, 2.45) is 52.2 Å². The van der Waals surface area contributed by atoms with E-state index >= 15 is 0 Å². The minimum Gasteiger partial charge on any atom is -0.393 e. The molecule has 1 N–H and O–H groups in total. The minimum absolute atomic E-state index is 0.103. The van der Waals surface area contributed by atoms with E-state index in [9.17, 15) is 5.11 Å². The molecular weight excluding hydrogens is 340 g/mol. The van der Waals surface area contributed by atoms with E-state index in [4.69, 9.17) is 9.60 Å². The highest BCUT2D eigenvalue weighted by atomic mass is 16.3. The van der Waals surface area contributed by atoms with Crippen molar-refractivity contribution in [3.63, 3.8) is 0 Å². The molecule has 0 aromatic carbocycles. The quantitative estimate of drug-likeness (QED) is 0.512. The Morgan fingerprint density at radius 2 is 1.71 bits per heavy atom. The highest BCUT2D eigenvalue weighted by molar-refractivity contribution is 5.09. The first-order chi connectivity index (χ1) is 16.0. The molecule has 4 saturated carbocycles. The predicted octanol–water partition coefficient (Wildman–Crippen LogP) is 7.47. The van der Waals surface area contributed by atoms with Gasteiger partial charge in [0.25, 0.3) is 0 Å². The molecule has 9 atom stereocenters. The van der Waals surface area contributed by atoms with Gasteiger partial charge in [0.2, 0.25) is 0 Å². The van der Waals surface area contributed by atoms with Crippen molar-refractivity contribution in [3.05, 3.63) is 0 Å². The second kappa shape index (κ2) is 7.90. The van der Waals surface area contributed by atoms with E-state index in [1.54, 1.807) is 0 Å². The van der Waals surface area contributed by atoms with Gasteiger partial charge >= 0.3 is 0 Å². The fraction of sp³-hybridized carbons (Fsp3) is 1.00. The summed E-state index contributed by atoms with van der Waals surface area (Å²) >= 11 is 0. The molecule has 0 amide bonds. The lowest BCUT2D eigenvalue weighted by atomic mass is 9.44. The van der Waals surface area contributed by atoms with Crippen LogP contribution in [0.4, 0.5) is 0 Å². The Kier molecular flexibility index (Phi) is 3.98. The molecule has 0 bridgehead atoms. The maximum absolute atomic E-state index is 10.3. The van der Waals surface area contributed by atoms with Gasteiger partial charge in [0, 0.05) is 9.60 Å². The van der Waals surface area contributed by atoms with Crippen LogP contribution in [0.1, 0.15) is 121 Å². The third-order valence-corrected chi connectivity index (χ3v) is 10.5. The van der Waals surface area contributed by atoms with E-state index in [0.717, 1.165) is 37.0 Å². The van der Waals surface area contributed by atoms with Crippen LogP contribution in [0.5, 0.6) is 0 Å². The molecule has 0 saturated heterocycles. The Morgan fingerprint density at radius 1 is 0.964 bits per heavy atom. The summed E-state index contributed by atoms with van der Waals surface area (Å²) in [4.78, 5) is 0. The van der Waals surface area contributed by atoms with Crippen LogP contribution in [-0.4, -0.2) is 11.2 Å². The molecule has 4 rings (SSSR count). The molecule has 4 aliphatic carbocycles. The SMILES string of the molecule is [2H]C([2H])([2H])C([2H])(CCC[C@@H](C)C1CC[C@H]2[C@@H]3CC[C@H]4C[C@@H](O)CC[C@]4(C)[C@H]3CC[C@]12C)C([2H])([2H])[2H]. The summed E-state index contributed by atoms with van der Waals surface area (Å²) < 4.78 is 54.5. The highest BCUT2D eigenvalue weighted by Crippen LogP contribution is 2.68. The van der Waals surface area contributed by atoms with Crippen molar-refractivity contribution in [1.29, 1.82) is 0 Å². The molecule has 0 radical (unpaired) electrons. The Morgan fingerprint density at radius 3 is 2.50 bits per heavy atom. The molecule has 0 aromatic rings. The first-order valence-electron chi connectivity index (χ1n) is 15.7. The van der Waals surface area contributed by atoms with Crippen LogP contribution >= 0.6 is 0 Å². The molecule has 0 spiro atoms. The van der Waals surface area contributed by atoms with Crippen molar-refractivity contribution in [2.75, 3.05) is 0 Å². The van der Waals surface area contributed by atoms with Gasteiger partial charge in [0.1, 0.15) is 0 Å². The summed E-state index contributed by atoms with van der Waals surface area (Å²) in [6.07, 6.45) is 11.8. The Hall–Kier alpha value is -0.0400. The average Bonchev–Trinajstić information content (AvgIpc) is 3.09. The number of aliphatic hydroxyl groups excluding tert-OH is 1. The van der Waals surface area contributed by atoms with E-state index < -0.39 is 19.6 Å². The molecule has 4 aliphatic rings. The summed E-state index contributed by atoms with van der Waals surface area (Å²) in [5.74, 6) is 1.61. The minimum atomic E-state index is -2.81. The molecule has 1 unspecified atom stereocenters. The number of aliphatic hydroxyl groups is 1. The summed E-state index contributed by atoms with van der Waals surface area (Å²) in [5.41, 5.74) is 0.694. The second-order valence-corrected chi connectivity index (χ2v) is 11.7. The Bertz CT molecular complexity index is 750. The van der Waals surface area contributed by atoms with Crippen LogP contribution in [0, 0.1) is 52.2 Å². The number of hydrogen-bond donors (Lipinski definition) is 1. The number of fused-ring (bicyclic) bond motifs is 5. The second-order valence-electron chi connectivity index (χ2n) is 11.7. The predicted molar refractivity (Wildman–Crippen MR) is 119 cm³/mol. The topological polar surface area (TPSA) is 20.2 Å². The third-order valence-electron chi connectivity index (χ3n) is 10.5. The van der Waals surface area contributed by atoms with Crippen LogP contribution in [0.25, 0.3) is 0 Å². The van der Waals surface area contributed by atoms with E-state index in [1.165, 1.54) is 44.9 Å². The summed E-state index contributed by atoms with van der Waals surface area (Å²) in [7, 11) is 0. The molecule has 4 fully saturated rings. The largest absolute Gasteiger partial charge is 0.393 e. The average molecular weight is 396 g/mol. The van der Waals surface area contributed by atoms with Crippen LogP contribution < -0.4 is 0 Å². The van der Waals surface area contributed by atoms with Gasteiger partial charge < -0.3 is 5.11 Å². The molecule has 1 heteroatoms. The van der Waals surface area contributed by atoms with E-state index in [0.29, 0.717) is 35.0 Å². The van der Waals surface area contributed by atoms with Gasteiger partial charge in [-0.15, -0.1) is 0 Å². The number of hydrogen-bond acceptors (Lipinski definition) is 1. The van der Waals surface area contributed by atoms with Gasteiger partial charge in [-0.05, 0) is 110 Å². The zero-order valence-corrected chi connectivity index (χ0v) is 18.5. The zero-order valence-electron chi connectivity index (χ0n) is 25.5. The van der Waals surface area contributed by atoms with Gasteiger partial charge in [-0.1, -0.05) is 53.7 Å². The molecule has 0 heterocycles. The lowest BCUT2D eigenvalue weighted by Gasteiger charge is -2.61. The molecule has 1 nitrogen and oxygen atoms in total. The summed E-state index contributed by atoms with van der Waals surface area (Å²) in [5, 5.41) is 10.3. The Labute approximate surface area is 185 Å². The monoisotopic (exact) mass is 395 g/mol. The fourth-order valence-corrected chi connectivity index (χ4v) is 9.01. The third kappa shape index (κ3) is 3.50. The number of rotatable bonds is 5. The zero-order chi connectivity index (χ0) is 26.0. The summed E-state index contributed by atoms with van der Waals surface area (Å²) in [6.45, 7) is 1.70. The normalized spacial score (nSPS) is 54.4. The van der Waals surface area contributed by atoms with Gasteiger partial charge in [-0.25, -0.2) is 0 Å². The van der Waals surface area contributed by atoms with Crippen molar-refractivity contribution < 1.29 is 14.7 Å². The fourth-order valence-electron chi connectivity index (χ4n) is 9.01. The summed E-state index contributed by atoms with van der Waals surface area (Å²) in [6, 6.07) is 0. The lowest BCUT2D eigenvalue weighted by molar-refractivity contribution is -0.129. The Balaban J connectivity index is 1.42. The van der Waals surface area contributed by atoms with Crippen molar-refractivity contribution in [3.8, 4) is 0 Å². The van der Waals surface area contributed by atoms with Crippen LogP contribution in [0.2, 0.25) is 0 Å². The molecule has 0 aliphatic heterocycles. The lowest BCUT2D eigenvalue weighted by Crippen LogP contribution is -2.54. The molecule has 162 valence electrons. The maximum Gasteiger partial charge on any atom is 0.0543 e. The van der Waals surface area contributed by atoms with Gasteiger partial charge in [0.05, 0.1) is 6.10 Å². The van der Waals surface area contributed by atoms with Gasteiger partial charge in [0.15, 0.2) is 0 Å². The molecule has 28 heavy (non-hydrogen) atoms. The van der Waals surface area contributed by atoms with E-state index in [-0.39, 0.29) is 12.5 Å². The van der Waals surface area contributed by atoms with Gasteiger partial charge in [-0.2, -0.15) is 0 Å². The van der Waals surface area contributed by atoms with Crippen LogP contribution in [0.15, 0.2) is 0 Å². The standard InChI is InChI=1S/C27H48O/c1-18(2)7-6-8-19(3)23-11-12-24-22-10-9-20-17-21(28)13-15-26(20,4)25(22)14-16-27(23,24)5/h18-25,28H,6-17H2,1-5H3/t19-,20+,21+,22+,23?,24+,25+,26+,27-/m1/s1/i1D3,2D3,18D.